The monoisotopic (exact) mass is 313 g/mol. The van der Waals surface area contributed by atoms with Crippen molar-refractivity contribution >= 4 is 35.2 Å². The Morgan fingerprint density at radius 1 is 1.09 bits per heavy atom. The molecule has 0 unspecified atom stereocenters. The van der Waals surface area contributed by atoms with E-state index in [1.807, 2.05) is 0 Å². The second-order valence-corrected chi connectivity index (χ2v) is 5.39. The van der Waals surface area contributed by atoms with Crippen LogP contribution in [0.1, 0.15) is 12.0 Å². The Morgan fingerprint density at radius 3 is 2.50 bits per heavy atom. The summed E-state index contributed by atoms with van der Waals surface area (Å²) in [6, 6.07) is 13.1. The highest BCUT2D eigenvalue weighted by atomic mass is 35.5. The van der Waals surface area contributed by atoms with Gasteiger partial charge in [-0.25, -0.2) is 4.90 Å². The van der Waals surface area contributed by atoms with Crippen molar-refractivity contribution in [2.45, 2.75) is 6.42 Å². The molecule has 1 fully saturated rings. The lowest BCUT2D eigenvalue weighted by Crippen LogP contribution is -2.28. The zero-order valence-electron chi connectivity index (χ0n) is 11.5. The van der Waals surface area contributed by atoms with E-state index in [-0.39, 0.29) is 24.0 Å². The number of phenolic OH excluding ortho intramolecular Hbond substituents is 1. The molecular weight excluding hydrogens is 302 g/mol. The average Bonchev–Trinajstić information content (AvgIpc) is 2.75. The van der Waals surface area contributed by atoms with Gasteiger partial charge in [-0.15, -0.1) is 0 Å². The zero-order valence-corrected chi connectivity index (χ0v) is 12.2. The number of phenols is 1. The third-order valence-corrected chi connectivity index (χ3v) is 3.62. The molecule has 0 bridgehead atoms. The highest BCUT2D eigenvalue weighted by Crippen LogP contribution is 2.28. The number of carbonyl (C=O) groups excluding carboxylic acids is 2. The maximum absolute atomic E-state index is 12.4. The lowest BCUT2D eigenvalue weighted by Gasteiger charge is -2.13. The maximum atomic E-state index is 12.4. The van der Waals surface area contributed by atoms with Gasteiger partial charge in [0.2, 0.25) is 5.91 Å². The third-order valence-electron chi connectivity index (χ3n) is 3.36. The van der Waals surface area contributed by atoms with Gasteiger partial charge in [0, 0.05) is 10.6 Å². The molecule has 22 heavy (non-hydrogen) atoms. The van der Waals surface area contributed by atoms with Crippen LogP contribution >= 0.6 is 11.6 Å². The number of rotatable bonds is 2. The number of amides is 2. The molecule has 0 atom stereocenters. The van der Waals surface area contributed by atoms with E-state index < -0.39 is 0 Å². The number of imide groups is 1. The summed E-state index contributed by atoms with van der Waals surface area (Å²) in [7, 11) is 0. The Labute approximate surface area is 132 Å². The fraction of sp³-hybridized carbons (Fsp3) is 0.0588. The van der Waals surface area contributed by atoms with Gasteiger partial charge in [0.25, 0.3) is 5.91 Å². The summed E-state index contributed by atoms with van der Waals surface area (Å²) in [5.41, 5.74) is 1.57. The number of hydrogen-bond donors (Lipinski definition) is 1. The van der Waals surface area contributed by atoms with Crippen molar-refractivity contribution in [1.29, 1.82) is 0 Å². The Morgan fingerprint density at radius 2 is 1.82 bits per heavy atom. The van der Waals surface area contributed by atoms with Crippen molar-refractivity contribution in [2.75, 3.05) is 4.90 Å². The second-order valence-electron chi connectivity index (χ2n) is 4.95. The van der Waals surface area contributed by atoms with Crippen LogP contribution in [0, 0.1) is 0 Å². The van der Waals surface area contributed by atoms with E-state index in [1.165, 1.54) is 6.07 Å². The summed E-state index contributed by atoms with van der Waals surface area (Å²) < 4.78 is 0. The van der Waals surface area contributed by atoms with E-state index in [0.717, 1.165) is 4.90 Å². The highest BCUT2D eigenvalue weighted by molar-refractivity contribution is 6.31. The molecule has 2 amide bonds. The number of nitrogens with zero attached hydrogens (tertiary/aromatic N) is 1. The summed E-state index contributed by atoms with van der Waals surface area (Å²) in [6.45, 7) is 0. The summed E-state index contributed by atoms with van der Waals surface area (Å²) in [5, 5.41) is 10.00. The molecule has 0 saturated carbocycles. The number of anilines is 1. The molecule has 1 saturated heterocycles. The van der Waals surface area contributed by atoms with Crippen LogP contribution < -0.4 is 4.90 Å². The predicted octanol–water partition coefficient (Wildman–Crippen LogP) is 3.39. The SMILES string of the molecule is O=C1CC(=Cc2cccc(O)c2)C(=O)N1c1ccc(Cl)cc1. The molecule has 3 rings (SSSR count). The molecule has 1 aliphatic heterocycles. The van der Waals surface area contributed by atoms with Crippen LogP contribution in [0.25, 0.3) is 6.08 Å². The molecule has 0 aromatic heterocycles. The van der Waals surface area contributed by atoms with Crippen LogP contribution in [0.4, 0.5) is 5.69 Å². The predicted molar refractivity (Wildman–Crippen MR) is 84.6 cm³/mol. The smallest absolute Gasteiger partial charge is 0.261 e. The molecule has 2 aromatic rings. The first-order valence-corrected chi connectivity index (χ1v) is 7.05. The fourth-order valence-electron chi connectivity index (χ4n) is 2.35. The number of halogens is 1. The van der Waals surface area contributed by atoms with Crippen molar-refractivity contribution < 1.29 is 14.7 Å². The second kappa shape index (κ2) is 5.66. The van der Waals surface area contributed by atoms with E-state index in [2.05, 4.69) is 0 Å². The molecule has 5 heteroatoms. The van der Waals surface area contributed by atoms with Gasteiger partial charge in [0.15, 0.2) is 0 Å². The Hall–Kier alpha value is -2.59. The van der Waals surface area contributed by atoms with Crippen LogP contribution in [0.5, 0.6) is 5.75 Å². The van der Waals surface area contributed by atoms with Crippen LogP contribution in [0.15, 0.2) is 54.1 Å². The maximum Gasteiger partial charge on any atom is 0.261 e. The molecule has 0 spiro atoms. The third kappa shape index (κ3) is 2.73. The van der Waals surface area contributed by atoms with Crippen LogP contribution in [0.3, 0.4) is 0 Å². The Kier molecular flexibility index (Phi) is 3.69. The van der Waals surface area contributed by atoms with Gasteiger partial charge < -0.3 is 5.11 Å². The Bertz CT molecular complexity index is 781. The molecule has 1 aliphatic rings. The molecule has 0 radical (unpaired) electrons. The van der Waals surface area contributed by atoms with Crippen molar-refractivity contribution in [2.24, 2.45) is 0 Å². The number of aromatic hydroxyl groups is 1. The van der Waals surface area contributed by atoms with Crippen molar-refractivity contribution in [3.8, 4) is 5.75 Å². The average molecular weight is 314 g/mol. The van der Waals surface area contributed by atoms with Crippen LogP contribution in [-0.4, -0.2) is 16.9 Å². The Balaban J connectivity index is 1.93. The first-order valence-electron chi connectivity index (χ1n) is 6.67. The lowest BCUT2D eigenvalue weighted by molar-refractivity contribution is -0.120. The van der Waals surface area contributed by atoms with Gasteiger partial charge in [-0.1, -0.05) is 23.7 Å². The van der Waals surface area contributed by atoms with Crippen molar-refractivity contribution in [3.63, 3.8) is 0 Å². The normalized spacial score (nSPS) is 16.6. The van der Waals surface area contributed by atoms with Gasteiger partial charge in [0.1, 0.15) is 5.75 Å². The first kappa shape index (κ1) is 14.4. The number of benzene rings is 2. The van der Waals surface area contributed by atoms with E-state index in [9.17, 15) is 14.7 Å². The summed E-state index contributed by atoms with van der Waals surface area (Å²) in [4.78, 5) is 25.7. The van der Waals surface area contributed by atoms with Crippen molar-refractivity contribution in [3.05, 3.63) is 64.7 Å². The van der Waals surface area contributed by atoms with Gasteiger partial charge in [-0.05, 0) is 48.0 Å². The highest BCUT2D eigenvalue weighted by Gasteiger charge is 2.34. The number of carbonyl (C=O) groups is 2. The lowest BCUT2D eigenvalue weighted by atomic mass is 10.1. The van der Waals surface area contributed by atoms with Crippen molar-refractivity contribution in [1.82, 2.24) is 0 Å². The van der Waals surface area contributed by atoms with Gasteiger partial charge in [0.05, 0.1) is 12.1 Å². The van der Waals surface area contributed by atoms with Crippen LogP contribution in [-0.2, 0) is 9.59 Å². The fourth-order valence-corrected chi connectivity index (χ4v) is 2.48. The summed E-state index contributed by atoms with van der Waals surface area (Å²) in [6.07, 6.45) is 1.66. The zero-order chi connectivity index (χ0) is 15.7. The quantitative estimate of drug-likeness (QED) is 0.683. The van der Waals surface area contributed by atoms with Gasteiger partial charge in [-0.2, -0.15) is 0 Å². The molecule has 0 aliphatic carbocycles. The molecule has 1 N–H and O–H groups in total. The van der Waals surface area contributed by atoms with E-state index in [0.29, 0.717) is 21.8 Å². The van der Waals surface area contributed by atoms with E-state index >= 15 is 0 Å². The van der Waals surface area contributed by atoms with E-state index in [1.54, 1.807) is 48.5 Å². The standard InChI is InChI=1S/C17H12ClNO3/c18-13-4-6-14(7-5-13)19-16(21)10-12(17(19)22)8-11-2-1-3-15(20)9-11/h1-9,20H,10H2. The summed E-state index contributed by atoms with van der Waals surface area (Å²) >= 11 is 5.82. The first-order chi connectivity index (χ1) is 10.5. The molecular formula is C17H12ClNO3. The van der Waals surface area contributed by atoms with Gasteiger partial charge in [-0.3, -0.25) is 9.59 Å². The summed E-state index contributed by atoms with van der Waals surface area (Å²) in [5.74, 6) is -0.518. The largest absolute Gasteiger partial charge is 0.508 e. The number of hydrogen-bond acceptors (Lipinski definition) is 3. The molecule has 1 heterocycles. The van der Waals surface area contributed by atoms with E-state index in [4.69, 9.17) is 11.6 Å². The minimum Gasteiger partial charge on any atom is -0.508 e. The minimum absolute atomic E-state index is 0.0388. The molecule has 2 aromatic carbocycles. The molecule has 4 nitrogen and oxygen atoms in total. The van der Waals surface area contributed by atoms with Crippen LogP contribution in [0.2, 0.25) is 5.02 Å². The topological polar surface area (TPSA) is 57.6 Å². The molecule has 110 valence electrons. The van der Waals surface area contributed by atoms with Gasteiger partial charge >= 0.3 is 0 Å². The minimum atomic E-state index is -0.351.